The molecule has 0 aliphatic heterocycles. The van der Waals surface area contributed by atoms with Gasteiger partial charge in [-0.25, -0.2) is 0 Å². The lowest BCUT2D eigenvalue weighted by Crippen LogP contribution is -2.26. The van der Waals surface area contributed by atoms with Crippen LogP contribution in [0.4, 0.5) is 0 Å². The molecule has 1 aromatic carbocycles. The Kier molecular flexibility index (Phi) is 5.66. The van der Waals surface area contributed by atoms with Gasteiger partial charge in [-0.05, 0) is 18.1 Å². The van der Waals surface area contributed by atoms with Gasteiger partial charge in [-0.1, -0.05) is 35.5 Å². The van der Waals surface area contributed by atoms with E-state index in [0.717, 1.165) is 0 Å². The standard InChI is InChI=1S/C16H21N3O2/c1-3-8-19(9-10-20)12-16-17-15(18-21-16)11-14-7-5-4-6-13(14)2/h3-7,20H,1,8-12H2,2H3. The van der Waals surface area contributed by atoms with Gasteiger partial charge in [0.25, 0.3) is 0 Å². The van der Waals surface area contributed by atoms with Crippen molar-refractivity contribution >= 4 is 0 Å². The van der Waals surface area contributed by atoms with Crippen LogP contribution in [0.15, 0.2) is 41.4 Å². The summed E-state index contributed by atoms with van der Waals surface area (Å²) in [5.41, 5.74) is 2.42. The van der Waals surface area contributed by atoms with Crippen LogP contribution < -0.4 is 0 Å². The maximum atomic E-state index is 9.03. The molecule has 1 heterocycles. The average Bonchev–Trinajstić information content (AvgIpc) is 2.89. The van der Waals surface area contributed by atoms with Crippen LogP contribution in [0.25, 0.3) is 0 Å². The second-order valence-electron chi connectivity index (χ2n) is 4.96. The molecule has 0 aliphatic carbocycles. The monoisotopic (exact) mass is 287 g/mol. The fourth-order valence-corrected chi connectivity index (χ4v) is 2.16. The molecule has 0 unspecified atom stereocenters. The van der Waals surface area contributed by atoms with Crippen molar-refractivity contribution in [2.45, 2.75) is 19.9 Å². The van der Waals surface area contributed by atoms with E-state index in [1.807, 2.05) is 17.0 Å². The third kappa shape index (κ3) is 4.51. The summed E-state index contributed by atoms with van der Waals surface area (Å²) in [7, 11) is 0. The van der Waals surface area contributed by atoms with Gasteiger partial charge in [-0.15, -0.1) is 6.58 Å². The molecular formula is C16H21N3O2. The second kappa shape index (κ2) is 7.71. The van der Waals surface area contributed by atoms with Crippen LogP contribution in [0.3, 0.4) is 0 Å². The van der Waals surface area contributed by atoms with E-state index in [0.29, 0.717) is 37.8 Å². The smallest absolute Gasteiger partial charge is 0.240 e. The Labute approximate surface area is 124 Å². The van der Waals surface area contributed by atoms with E-state index in [1.54, 1.807) is 6.08 Å². The summed E-state index contributed by atoms with van der Waals surface area (Å²) in [6.07, 6.45) is 2.46. The molecule has 0 aliphatic rings. The number of aromatic nitrogens is 2. The molecule has 0 atom stereocenters. The first-order chi connectivity index (χ1) is 10.2. The topological polar surface area (TPSA) is 62.4 Å². The number of aliphatic hydroxyl groups is 1. The third-order valence-corrected chi connectivity index (χ3v) is 3.28. The summed E-state index contributed by atoms with van der Waals surface area (Å²) in [5, 5.41) is 13.1. The van der Waals surface area contributed by atoms with Gasteiger partial charge in [-0.2, -0.15) is 4.98 Å². The summed E-state index contributed by atoms with van der Waals surface area (Å²) < 4.78 is 5.28. The van der Waals surface area contributed by atoms with Crippen molar-refractivity contribution in [3.05, 3.63) is 59.8 Å². The number of hydrogen-bond donors (Lipinski definition) is 1. The Morgan fingerprint density at radius 2 is 2.19 bits per heavy atom. The van der Waals surface area contributed by atoms with E-state index in [9.17, 15) is 0 Å². The molecule has 112 valence electrons. The lowest BCUT2D eigenvalue weighted by atomic mass is 10.1. The van der Waals surface area contributed by atoms with Crippen molar-refractivity contribution in [1.29, 1.82) is 0 Å². The maximum Gasteiger partial charge on any atom is 0.240 e. The summed E-state index contributed by atoms with van der Waals surface area (Å²) in [5.74, 6) is 1.25. The van der Waals surface area contributed by atoms with E-state index >= 15 is 0 Å². The highest BCUT2D eigenvalue weighted by molar-refractivity contribution is 5.27. The zero-order valence-electron chi connectivity index (χ0n) is 12.3. The molecule has 1 aromatic heterocycles. The predicted molar refractivity (Wildman–Crippen MR) is 80.8 cm³/mol. The molecular weight excluding hydrogens is 266 g/mol. The number of aryl methyl sites for hydroxylation is 1. The lowest BCUT2D eigenvalue weighted by Gasteiger charge is -2.16. The Morgan fingerprint density at radius 1 is 1.38 bits per heavy atom. The van der Waals surface area contributed by atoms with Gasteiger partial charge >= 0.3 is 0 Å². The minimum absolute atomic E-state index is 0.0953. The zero-order chi connectivity index (χ0) is 15.1. The Bertz CT molecular complexity index is 580. The van der Waals surface area contributed by atoms with Gasteiger partial charge in [0.05, 0.1) is 13.2 Å². The van der Waals surface area contributed by atoms with E-state index in [-0.39, 0.29) is 6.61 Å². The molecule has 0 saturated carbocycles. The van der Waals surface area contributed by atoms with Crippen molar-refractivity contribution in [1.82, 2.24) is 15.0 Å². The van der Waals surface area contributed by atoms with E-state index in [2.05, 4.69) is 35.8 Å². The van der Waals surface area contributed by atoms with Crippen LogP contribution >= 0.6 is 0 Å². The molecule has 0 fully saturated rings. The van der Waals surface area contributed by atoms with Gasteiger partial charge in [0, 0.05) is 19.5 Å². The van der Waals surface area contributed by atoms with Gasteiger partial charge in [0.1, 0.15) is 0 Å². The molecule has 21 heavy (non-hydrogen) atoms. The van der Waals surface area contributed by atoms with Crippen LogP contribution in [0.5, 0.6) is 0 Å². The predicted octanol–water partition coefficient (Wildman–Crippen LogP) is 1.95. The van der Waals surface area contributed by atoms with Crippen LogP contribution in [-0.4, -0.2) is 39.8 Å². The highest BCUT2D eigenvalue weighted by Gasteiger charge is 2.11. The van der Waals surface area contributed by atoms with Crippen LogP contribution in [-0.2, 0) is 13.0 Å². The molecule has 0 saturated heterocycles. The van der Waals surface area contributed by atoms with Gasteiger partial charge in [0.15, 0.2) is 5.82 Å². The molecule has 1 N–H and O–H groups in total. The number of rotatable bonds is 8. The summed E-state index contributed by atoms with van der Waals surface area (Å²) in [6, 6.07) is 8.17. The largest absolute Gasteiger partial charge is 0.395 e. The summed E-state index contributed by atoms with van der Waals surface area (Å²) in [4.78, 5) is 6.41. The molecule has 0 amide bonds. The molecule has 2 aromatic rings. The normalized spacial score (nSPS) is 11.0. The second-order valence-corrected chi connectivity index (χ2v) is 4.96. The Morgan fingerprint density at radius 3 is 2.90 bits per heavy atom. The molecule has 0 bridgehead atoms. The van der Waals surface area contributed by atoms with Gasteiger partial charge in [-0.3, -0.25) is 4.90 Å². The SMILES string of the molecule is C=CCN(CCO)Cc1nc(Cc2ccccc2C)no1. The highest BCUT2D eigenvalue weighted by Crippen LogP contribution is 2.12. The van der Waals surface area contributed by atoms with Crippen LogP contribution in [0.1, 0.15) is 22.8 Å². The fourth-order valence-electron chi connectivity index (χ4n) is 2.16. The average molecular weight is 287 g/mol. The molecule has 2 rings (SSSR count). The fraction of sp³-hybridized carbons (Fsp3) is 0.375. The highest BCUT2D eigenvalue weighted by atomic mass is 16.5. The Hall–Kier alpha value is -1.98. The zero-order valence-corrected chi connectivity index (χ0v) is 12.3. The minimum atomic E-state index is 0.0953. The van der Waals surface area contributed by atoms with E-state index < -0.39 is 0 Å². The molecule has 5 heteroatoms. The summed E-state index contributed by atoms with van der Waals surface area (Å²) in [6.45, 7) is 7.63. The minimum Gasteiger partial charge on any atom is -0.395 e. The number of nitrogens with zero attached hydrogens (tertiary/aromatic N) is 3. The number of aliphatic hydroxyl groups excluding tert-OH is 1. The third-order valence-electron chi connectivity index (χ3n) is 3.28. The van der Waals surface area contributed by atoms with Crippen molar-refractivity contribution in [2.75, 3.05) is 19.7 Å². The maximum absolute atomic E-state index is 9.03. The van der Waals surface area contributed by atoms with Crippen LogP contribution in [0.2, 0.25) is 0 Å². The number of benzene rings is 1. The van der Waals surface area contributed by atoms with Gasteiger partial charge in [0.2, 0.25) is 5.89 Å². The first-order valence-corrected chi connectivity index (χ1v) is 7.03. The first kappa shape index (κ1) is 15.4. The van der Waals surface area contributed by atoms with E-state index in [1.165, 1.54) is 11.1 Å². The lowest BCUT2D eigenvalue weighted by molar-refractivity contribution is 0.186. The Balaban J connectivity index is 2.00. The number of hydrogen-bond acceptors (Lipinski definition) is 5. The van der Waals surface area contributed by atoms with E-state index in [4.69, 9.17) is 9.63 Å². The quantitative estimate of drug-likeness (QED) is 0.752. The van der Waals surface area contributed by atoms with Crippen molar-refractivity contribution in [3.63, 3.8) is 0 Å². The summed E-state index contributed by atoms with van der Waals surface area (Å²) >= 11 is 0. The first-order valence-electron chi connectivity index (χ1n) is 7.03. The molecule has 5 nitrogen and oxygen atoms in total. The van der Waals surface area contributed by atoms with Crippen molar-refractivity contribution in [2.24, 2.45) is 0 Å². The van der Waals surface area contributed by atoms with Gasteiger partial charge < -0.3 is 9.63 Å². The van der Waals surface area contributed by atoms with Crippen LogP contribution in [0, 0.1) is 6.92 Å². The van der Waals surface area contributed by atoms with Crippen molar-refractivity contribution in [3.8, 4) is 0 Å². The van der Waals surface area contributed by atoms with Crippen molar-refractivity contribution < 1.29 is 9.63 Å². The molecule has 0 radical (unpaired) electrons. The molecule has 0 spiro atoms.